The summed E-state index contributed by atoms with van der Waals surface area (Å²) < 4.78 is 0. The number of nitrogens with one attached hydrogen (secondary N) is 3. The average Bonchev–Trinajstić information content (AvgIpc) is 2.78. The maximum absolute atomic E-state index is 13.1. The van der Waals surface area contributed by atoms with Crippen LogP contribution >= 0.6 is 23.5 Å². The molecule has 12 heteroatoms. The van der Waals surface area contributed by atoms with Gasteiger partial charge in [-0.25, -0.2) is 4.79 Å². The van der Waals surface area contributed by atoms with Crippen molar-refractivity contribution in [2.24, 2.45) is 17.4 Å². The summed E-state index contributed by atoms with van der Waals surface area (Å²) in [5.41, 5.74) is 11.4. The first-order chi connectivity index (χ1) is 16.1. The second-order valence-corrected chi connectivity index (χ2v) is 10.6. The standard InChI is InChI=1S/C22H43N5O5S2/c1-14(2)13-18(21(30)26-17(22(31)32)7-5-6-10-23)27-20(29)16(9-12-34-4)25-19(28)15(24)8-11-33-3/h14-18H,5-13,23-24H2,1-4H3,(H,25,28)(H,26,30)(H,27,29)(H,31,32). The van der Waals surface area contributed by atoms with E-state index in [1.165, 1.54) is 11.8 Å². The predicted molar refractivity (Wildman–Crippen MR) is 140 cm³/mol. The van der Waals surface area contributed by atoms with E-state index in [0.717, 1.165) is 5.75 Å². The number of carbonyl (C=O) groups excluding carboxylic acids is 3. The van der Waals surface area contributed by atoms with Crippen molar-refractivity contribution in [1.82, 2.24) is 16.0 Å². The molecule has 34 heavy (non-hydrogen) atoms. The second-order valence-electron chi connectivity index (χ2n) is 8.61. The first-order valence-electron chi connectivity index (χ1n) is 11.6. The van der Waals surface area contributed by atoms with Crippen molar-refractivity contribution in [2.75, 3.05) is 30.6 Å². The highest BCUT2D eigenvalue weighted by molar-refractivity contribution is 7.98. The summed E-state index contributed by atoms with van der Waals surface area (Å²) in [4.78, 5) is 50.0. The van der Waals surface area contributed by atoms with Crippen LogP contribution in [0.25, 0.3) is 0 Å². The Bertz CT molecular complexity index is 639. The lowest BCUT2D eigenvalue weighted by molar-refractivity contribution is -0.142. The quantitative estimate of drug-likeness (QED) is 0.132. The van der Waals surface area contributed by atoms with Gasteiger partial charge in [0.2, 0.25) is 17.7 Å². The SMILES string of the molecule is CSCCC(N)C(=O)NC(CCSC)C(=O)NC(CC(C)C)C(=O)NC(CCCCN)C(=O)O. The molecule has 10 nitrogen and oxygen atoms in total. The van der Waals surface area contributed by atoms with Crippen molar-refractivity contribution >= 4 is 47.2 Å². The summed E-state index contributed by atoms with van der Waals surface area (Å²) in [6, 6.07) is -3.56. The zero-order chi connectivity index (χ0) is 26.1. The maximum Gasteiger partial charge on any atom is 0.326 e. The molecule has 0 rings (SSSR count). The molecule has 0 aromatic rings. The highest BCUT2D eigenvalue weighted by atomic mass is 32.2. The lowest BCUT2D eigenvalue weighted by Crippen LogP contribution is -2.57. The molecule has 0 aliphatic carbocycles. The molecule has 0 spiro atoms. The van der Waals surface area contributed by atoms with Gasteiger partial charge in [0.25, 0.3) is 0 Å². The number of amides is 3. The Labute approximate surface area is 211 Å². The summed E-state index contributed by atoms with van der Waals surface area (Å²) >= 11 is 3.12. The Balaban J connectivity index is 5.36. The Morgan fingerprint density at radius 2 is 1.32 bits per heavy atom. The lowest BCUT2D eigenvalue weighted by Gasteiger charge is -2.26. The van der Waals surface area contributed by atoms with E-state index in [4.69, 9.17) is 11.5 Å². The Kier molecular flexibility index (Phi) is 18.0. The van der Waals surface area contributed by atoms with Gasteiger partial charge >= 0.3 is 5.97 Å². The van der Waals surface area contributed by atoms with Gasteiger partial charge in [0.05, 0.1) is 6.04 Å². The largest absolute Gasteiger partial charge is 0.480 e. The molecule has 0 radical (unpaired) electrons. The number of aliphatic carboxylic acids is 1. The molecule has 0 aromatic carbocycles. The van der Waals surface area contributed by atoms with Gasteiger partial charge in [0.1, 0.15) is 18.1 Å². The normalized spacial score (nSPS) is 14.7. The lowest BCUT2D eigenvalue weighted by atomic mass is 10.0. The van der Waals surface area contributed by atoms with Crippen LogP contribution in [0.4, 0.5) is 0 Å². The van der Waals surface area contributed by atoms with E-state index in [1.807, 2.05) is 26.4 Å². The number of thioether (sulfide) groups is 2. The van der Waals surface area contributed by atoms with Crippen molar-refractivity contribution < 1.29 is 24.3 Å². The second kappa shape index (κ2) is 18.8. The van der Waals surface area contributed by atoms with Gasteiger partial charge in [0, 0.05) is 0 Å². The third-order valence-electron chi connectivity index (χ3n) is 5.11. The third-order valence-corrected chi connectivity index (χ3v) is 6.40. The number of carbonyl (C=O) groups is 4. The number of carboxylic acids is 1. The number of carboxylic acid groups (broad SMARTS) is 1. The van der Waals surface area contributed by atoms with Crippen LogP contribution < -0.4 is 27.4 Å². The minimum Gasteiger partial charge on any atom is -0.480 e. The molecule has 0 saturated carbocycles. The zero-order valence-corrected chi connectivity index (χ0v) is 22.4. The maximum atomic E-state index is 13.1. The van der Waals surface area contributed by atoms with Crippen LogP contribution in [-0.2, 0) is 19.2 Å². The predicted octanol–water partition coefficient (Wildman–Crippen LogP) is 0.534. The first-order valence-corrected chi connectivity index (χ1v) is 14.4. The van der Waals surface area contributed by atoms with Crippen LogP contribution in [0.1, 0.15) is 52.4 Å². The Hall–Kier alpha value is -1.50. The summed E-state index contributed by atoms with van der Waals surface area (Å²) in [7, 11) is 0. The Morgan fingerprint density at radius 3 is 1.85 bits per heavy atom. The fourth-order valence-electron chi connectivity index (χ4n) is 3.16. The van der Waals surface area contributed by atoms with Gasteiger partial charge in [-0.3, -0.25) is 14.4 Å². The van der Waals surface area contributed by atoms with Crippen LogP contribution in [-0.4, -0.2) is 83.5 Å². The van der Waals surface area contributed by atoms with Crippen molar-refractivity contribution in [2.45, 2.75) is 76.5 Å². The summed E-state index contributed by atoms with van der Waals surface area (Å²) in [5.74, 6) is -1.18. The molecule has 0 aliphatic heterocycles. The molecule has 198 valence electrons. The molecule has 0 heterocycles. The van der Waals surface area contributed by atoms with Gasteiger partial charge in [0.15, 0.2) is 0 Å². The van der Waals surface area contributed by atoms with Crippen LogP contribution in [0.15, 0.2) is 0 Å². The molecule has 0 aliphatic rings. The minimum absolute atomic E-state index is 0.0655. The molecule has 4 atom stereocenters. The monoisotopic (exact) mass is 521 g/mol. The minimum atomic E-state index is -1.13. The molecule has 0 bridgehead atoms. The van der Waals surface area contributed by atoms with Crippen molar-refractivity contribution in [1.29, 1.82) is 0 Å². The van der Waals surface area contributed by atoms with Gasteiger partial charge in [-0.15, -0.1) is 0 Å². The van der Waals surface area contributed by atoms with Crippen LogP contribution in [0.3, 0.4) is 0 Å². The number of unbranched alkanes of at least 4 members (excludes halogenated alkanes) is 1. The fourth-order valence-corrected chi connectivity index (χ4v) is 4.12. The van der Waals surface area contributed by atoms with Crippen molar-refractivity contribution in [3.63, 3.8) is 0 Å². The number of nitrogens with two attached hydrogens (primary N) is 2. The summed E-state index contributed by atoms with van der Waals surface area (Å²) in [6.07, 6.45) is 6.48. The van der Waals surface area contributed by atoms with E-state index in [0.29, 0.717) is 44.4 Å². The molecule has 0 fully saturated rings. The van der Waals surface area contributed by atoms with Gasteiger partial charge in [-0.2, -0.15) is 23.5 Å². The van der Waals surface area contributed by atoms with Crippen molar-refractivity contribution in [3.05, 3.63) is 0 Å². The van der Waals surface area contributed by atoms with Crippen LogP contribution in [0.2, 0.25) is 0 Å². The zero-order valence-electron chi connectivity index (χ0n) is 20.8. The summed E-state index contributed by atoms with van der Waals surface area (Å²) in [6.45, 7) is 4.25. The topological polar surface area (TPSA) is 177 Å². The summed E-state index contributed by atoms with van der Waals surface area (Å²) in [5, 5.41) is 17.4. The van der Waals surface area contributed by atoms with Crippen LogP contribution in [0.5, 0.6) is 0 Å². The highest BCUT2D eigenvalue weighted by Crippen LogP contribution is 2.09. The third kappa shape index (κ3) is 14.0. The van der Waals surface area contributed by atoms with Gasteiger partial charge in [-0.05, 0) is 75.0 Å². The molecule has 4 unspecified atom stereocenters. The van der Waals surface area contributed by atoms with E-state index in [1.54, 1.807) is 11.8 Å². The van der Waals surface area contributed by atoms with E-state index < -0.39 is 47.9 Å². The molecular formula is C22H43N5O5S2. The number of hydrogen-bond donors (Lipinski definition) is 6. The van der Waals surface area contributed by atoms with E-state index >= 15 is 0 Å². The highest BCUT2D eigenvalue weighted by Gasteiger charge is 2.30. The molecule has 0 saturated heterocycles. The van der Waals surface area contributed by atoms with Gasteiger partial charge in [-0.1, -0.05) is 13.8 Å². The smallest absolute Gasteiger partial charge is 0.326 e. The molecule has 3 amide bonds. The van der Waals surface area contributed by atoms with Gasteiger partial charge < -0.3 is 32.5 Å². The van der Waals surface area contributed by atoms with E-state index in [2.05, 4.69) is 16.0 Å². The fraction of sp³-hybridized carbons (Fsp3) is 0.818. The van der Waals surface area contributed by atoms with E-state index in [-0.39, 0.29) is 12.3 Å². The van der Waals surface area contributed by atoms with E-state index in [9.17, 15) is 24.3 Å². The number of rotatable bonds is 19. The van der Waals surface area contributed by atoms with Crippen LogP contribution in [0, 0.1) is 5.92 Å². The first kappa shape index (κ1) is 32.5. The molecule has 0 aromatic heterocycles. The van der Waals surface area contributed by atoms with Crippen molar-refractivity contribution in [3.8, 4) is 0 Å². The number of hydrogen-bond acceptors (Lipinski definition) is 8. The molecular weight excluding hydrogens is 478 g/mol. The molecule has 8 N–H and O–H groups in total. The average molecular weight is 522 g/mol. The Morgan fingerprint density at radius 1 is 0.794 bits per heavy atom.